The maximum Gasteiger partial charge on any atom is 0.419 e. The number of aromatic nitrogens is 3. The highest BCUT2D eigenvalue weighted by atomic mass is 127. The van der Waals surface area contributed by atoms with Gasteiger partial charge in [-0.1, -0.05) is 12.1 Å². The summed E-state index contributed by atoms with van der Waals surface area (Å²) in [6, 6.07) is 5.13. The highest BCUT2D eigenvalue weighted by Crippen LogP contribution is 2.35. The summed E-state index contributed by atoms with van der Waals surface area (Å²) >= 11 is 0. The van der Waals surface area contributed by atoms with Crippen LogP contribution in [0.25, 0.3) is 0 Å². The van der Waals surface area contributed by atoms with Gasteiger partial charge in [0.15, 0.2) is 5.96 Å². The third-order valence-corrected chi connectivity index (χ3v) is 3.37. The standard InChI is InChI=1S/C16H21F3N6O.HI/c1-3-20-15(22-10-14-23-11-24-25(14)2)21-8-9-26-13-7-5-4-6-12(13)16(17,18)19;/h4-7,11H,3,8-10H2,1-2H3,(H2,20,21,22);1H. The Bertz CT molecular complexity index is 735. The van der Waals surface area contributed by atoms with Gasteiger partial charge in [-0.3, -0.25) is 4.68 Å². The summed E-state index contributed by atoms with van der Waals surface area (Å²) in [5.74, 6) is 1.02. The van der Waals surface area contributed by atoms with E-state index in [4.69, 9.17) is 4.74 Å². The predicted molar refractivity (Wildman–Crippen MR) is 106 cm³/mol. The molecule has 0 radical (unpaired) electrons. The van der Waals surface area contributed by atoms with Gasteiger partial charge >= 0.3 is 6.18 Å². The van der Waals surface area contributed by atoms with Crippen molar-refractivity contribution in [2.24, 2.45) is 12.0 Å². The van der Waals surface area contributed by atoms with Crippen molar-refractivity contribution < 1.29 is 17.9 Å². The van der Waals surface area contributed by atoms with E-state index in [1.165, 1.54) is 24.5 Å². The van der Waals surface area contributed by atoms with E-state index in [2.05, 4.69) is 25.7 Å². The molecule has 0 atom stereocenters. The first-order valence-corrected chi connectivity index (χ1v) is 8.06. The second-order valence-corrected chi connectivity index (χ2v) is 5.26. The smallest absolute Gasteiger partial charge is 0.419 e. The fourth-order valence-electron chi connectivity index (χ4n) is 2.11. The summed E-state index contributed by atoms with van der Waals surface area (Å²) in [5, 5.41) is 10.0. The Kier molecular flexibility index (Phi) is 9.32. The molecule has 1 aromatic carbocycles. The van der Waals surface area contributed by atoms with Crippen molar-refractivity contribution in [1.29, 1.82) is 0 Å². The zero-order valence-electron chi connectivity index (χ0n) is 15.0. The molecule has 1 heterocycles. The Morgan fingerprint density at radius 1 is 1.26 bits per heavy atom. The molecule has 2 aromatic rings. The van der Waals surface area contributed by atoms with Gasteiger partial charge in [-0.15, -0.1) is 24.0 Å². The Labute approximate surface area is 172 Å². The summed E-state index contributed by atoms with van der Waals surface area (Å²) in [4.78, 5) is 8.43. The summed E-state index contributed by atoms with van der Waals surface area (Å²) in [5.41, 5.74) is -0.789. The Balaban J connectivity index is 0.00000364. The van der Waals surface area contributed by atoms with Crippen LogP contribution in [-0.4, -0.2) is 40.4 Å². The average Bonchev–Trinajstić information content (AvgIpc) is 3.01. The van der Waals surface area contributed by atoms with Crippen molar-refractivity contribution in [2.75, 3.05) is 19.7 Å². The molecule has 2 N–H and O–H groups in total. The molecule has 0 bridgehead atoms. The van der Waals surface area contributed by atoms with E-state index in [0.29, 0.717) is 24.9 Å². The number of ether oxygens (including phenoxy) is 1. The van der Waals surface area contributed by atoms with E-state index in [1.807, 2.05) is 6.92 Å². The minimum atomic E-state index is -4.45. The normalized spacial score (nSPS) is 11.7. The van der Waals surface area contributed by atoms with Crippen molar-refractivity contribution in [1.82, 2.24) is 25.4 Å². The van der Waals surface area contributed by atoms with E-state index in [9.17, 15) is 13.2 Å². The number of rotatable bonds is 7. The van der Waals surface area contributed by atoms with Gasteiger partial charge in [-0.25, -0.2) is 9.98 Å². The summed E-state index contributed by atoms with van der Waals surface area (Å²) in [7, 11) is 1.77. The van der Waals surface area contributed by atoms with Gasteiger partial charge in [0.2, 0.25) is 0 Å². The fourth-order valence-corrected chi connectivity index (χ4v) is 2.11. The van der Waals surface area contributed by atoms with Gasteiger partial charge in [0.05, 0.1) is 12.1 Å². The van der Waals surface area contributed by atoms with Crippen LogP contribution < -0.4 is 15.4 Å². The van der Waals surface area contributed by atoms with Crippen LogP contribution in [-0.2, 0) is 19.8 Å². The van der Waals surface area contributed by atoms with E-state index >= 15 is 0 Å². The van der Waals surface area contributed by atoms with Crippen molar-refractivity contribution in [3.8, 4) is 5.75 Å². The molecule has 0 amide bonds. The van der Waals surface area contributed by atoms with Crippen LogP contribution in [0.15, 0.2) is 35.6 Å². The van der Waals surface area contributed by atoms with Gasteiger partial charge < -0.3 is 15.4 Å². The number of aliphatic imine (C=N–C) groups is 1. The van der Waals surface area contributed by atoms with Gasteiger partial charge in [0.1, 0.15) is 31.1 Å². The molecule has 0 unspecified atom stereocenters. The molecule has 150 valence electrons. The Morgan fingerprint density at radius 3 is 2.63 bits per heavy atom. The monoisotopic (exact) mass is 498 g/mol. The van der Waals surface area contributed by atoms with Crippen LogP contribution in [0, 0.1) is 0 Å². The number of para-hydroxylation sites is 1. The molecule has 0 fully saturated rings. The second kappa shape index (κ2) is 10.9. The van der Waals surface area contributed by atoms with E-state index in [-0.39, 0.29) is 42.9 Å². The lowest BCUT2D eigenvalue weighted by atomic mass is 10.2. The number of hydrogen-bond acceptors (Lipinski definition) is 4. The van der Waals surface area contributed by atoms with Gasteiger partial charge in [-0.2, -0.15) is 18.3 Å². The number of halogens is 4. The van der Waals surface area contributed by atoms with Crippen LogP contribution in [0.2, 0.25) is 0 Å². The van der Waals surface area contributed by atoms with Crippen molar-refractivity contribution >= 4 is 29.9 Å². The molecule has 7 nitrogen and oxygen atoms in total. The quantitative estimate of drug-likeness (QED) is 0.266. The van der Waals surface area contributed by atoms with Crippen molar-refractivity contribution in [3.05, 3.63) is 42.0 Å². The largest absolute Gasteiger partial charge is 0.491 e. The number of nitrogens with one attached hydrogen (secondary N) is 2. The molecule has 11 heteroatoms. The third kappa shape index (κ3) is 7.23. The highest BCUT2D eigenvalue weighted by Gasteiger charge is 2.33. The Morgan fingerprint density at radius 2 is 2.00 bits per heavy atom. The first kappa shape index (κ1) is 23.0. The summed E-state index contributed by atoms with van der Waals surface area (Å²) in [6.07, 6.45) is -3.01. The van der Waals surface area contributed by atoms with Crippen LogP contribution >= 0.6 is 24.0 Å². The van der Waals surface area contributed by atoms with Crippen LogP contribution in [0.5, 0.6) is 5.75 Å². The van der Waals surface area contributed by atoms with Gasteiger partial charge in [0.25, 0.3) is 0 Å². The van der Waals surface area contributed by atoms with Crippen molar-refractivity contribution in [3.63, 3.8) is 0 Å². The average molecular weight is 498 g/mol. The SMILES string of the molecule is CCNC(=NCc1ncnn1C)NCCOc1ccccc1C(F)(F)F.I. The lowest BCUT2D eigenvalue weighted by Crippen LogP contribution is -2.39. The topological polar surface area (TPSA) is 76.4 Å². The minimum Gasteiger partial charge on any atom is -0.491 e. The molecule has 2 rings (SSSR count). The molecule has 27 heavy (non-hydrogen) atoms. The number of alkyl halides is 3. The lowest BCUT2D eigenvalue weighted by molar-refractivity contribution is -0.138. The van der Waals surface area contributed by atoms with Gasteiger partial charge in [0, 0.05) is 13.6 Å². The highest BCUT2D eigenvalue weighted by molar-refractivity contribution is 14.0. The predicted octanol–water partition coefficient (Wildman–Crippen LogP) is 2.59. The number of nitrogens with zero attached hydrogens (tertiary/aromatic N) is 4. The zero-order chi connectivity index (χ0) is 19.0. The van der Waals surface area contributed by atoms with Gasteiger partial charge in [-0.05, 0) is 19.1 Å². The summed E-state index contributed by atoms with van der Waals surface area (Å²) < 4.78 is 45.6. The third-order valence-electron chi connectivity index (χ3n) is 3.37. The molecule has 1 aromatic heterocycles. The molecular formula is C16H22F3IN6O. The first-order valence-electron chi connectivity index (χ1n) is 8.06. The Hall–Kier alpha value is -2.05. The second-order valence-electron chi connectivity index (χ2n) is 5.26. The van der Waals surface area contributed by atoms with Crippen LogP contribution in [0.4, 0.5) is 13.2 Å². The van der Waals surface area contributed by atoms with Crippen LogP contribution in [0.1, 0.15) is 18.3 Å². The van der Waals surface area contributed by atoms with E-state index < -0.39 is 11.7 Å². The molecule has 0 aliphatic rings. The first-order chi connectivity index (χ1) is 12.4. The summed E-state index contributed by atoms with van der Waals surface area (Å²) in [6.45, 7) is 3.22. The zero-order valence-corrected chi connectivity index (χ0v) is 17.3. The number of benzene rings is 1. The van der Waals surface area contributed by atoms with Crippen molar-refractivity contribution in [2.45, 2.75) is 19.6 Å². The molecule has 0 spiro atoms. The lowest BCUT2D eigenvalue weighted by Gasteiger charge is -2.15. The minimum absolute atomic E-state index is 0. The molecular weight excluding hydrogens is 476 g/mol. The molecule has 0 aliphatic heterocycles. The van der Waals surface area contributed by atoms with E-state index in [1.54, 1.807) is 11.7 Å². The van der Waals surface area contributed by atoms with Crippen LogP contribution in [0.3, 0.4) is 0 Å². The van der Waals surface area contributed by atoms with E-state index in [0.717, 1.165) is 6.07 Å². The fraction of sp³-hybridized carbons (Fsp3) is 0.438. The number of aryl methyl sites for hydroxylation is 1. The molecule has 0 saturated carbocycles. The maximum absolute atomic E-state index is 12.9. The molecule has 0 aliphatic carbocycles. The number of hydrogen-bond donors (Lipinski definition) is 2. The maximum atomic E-state index is 12.9. The number of guanidine groups is 1. The molecule has 0 saturated heterocycles.